The SMILES string of the molecule is CSCC[C@H](NC(=O)C1CCC(CNC(=O)[C@H](C)NC(=O)OC(C)(C)C)CC1)C(=O)O. The summed E-state index contributed by atoms with van der Waals surface area (Å²) in [6, 6.07) is -1.57. The second kappa shape index (κ2) is 12.8. The number of nitrogens with one attached hydrogen (secondary N) is 3. The minimum atomic E-state index is -1.01. The van der Waals surface area contributed by atoms with Crippen molar-refractivity contribution in [2.24, 2.45) is 11.8 Å². The Morgan fingerprint density at radius 3 is 2.23 bits per heavy atom. The Balaban J connectivity index is 2.36. The lowest BCUT2D eigenvalue weighted by Crippen LogP contribution is -2.48. The Morgan fingerprint density at radius 1 is 1.10 bits per heavy atom. The van der Waals surface area contributed by atoms with E-state index < -0.39 is 29.7 Å². The summed E-state index contributed by atoms with van der Waals surface area (Å²) >= 11 is 1.55. The molecule has 3 amide bonds. The van der Waals surface area contributed by atoms with E-state index >= 15 is 0 Å². The molecule has 1 saturated carbocycles. The van der Waals surface area contributed by atoms with E-state index in [9.17, 15) is 24.3 Å². The quantitative estimate of drug-likeness (QED) is 0.393. The third-order valence-corrected chi connectivity index (χ3v) is 5.78. The number of hydrogen-bond donors (Lipinski definition) is 4. The van der Waals surface area contributed by atoms with Crippen LogP contribution < -0.4 is 16.0 Å². The molecule has 0 aliphatic heterocycles. The van der Waals surface area contributed by atoms with Crippen LogP contribution in [-0.2, 0) is 19.1 Å². The zero-order valence-electron chi connectivity index (χ0n) is 19.2. The fraction of sp³-hybridized carbons (Fsp3) is 0.810. The molecule has 2 atom stereocenters. The molecular formula is C21H37N3O6S. The first-order valence-corrected chi connectivity index (χ1v) is 12.1. The molecule has 0 saturated heterocycles. The van der Waals surface area contributed by atoms with Gasteiger partial charge in [0.25, 0.3) is 0 Å². The normalized spacial score (nSPS) is 20.8. The third-order valence-electron chi connectivity index (χ3n) is 5.13. The maximum Gasteiger partial charge on any atom is 0.408 e. The number of amides is 3. The summed E-state index contributed by atoms with van der Waals surface area (Å²) in [6.45, 7) is 7.31. The Kier molecular flexibility index (Phi) is 11.2. The van der Waals surface area contributed by atoms with Gasteiger partial charge >= 0.3 is 12.1 Å². The third kappa shape index (κ3) is 10.8. The molecule has 0 heterocycles. The largest absolute Gasteiger partial charge is 0.480 e. The molecule has 4 N–H and O–H groups in total. The second-order valence-electron chi connectivity index (χ2n) is 9.01. The first-order chi connectivity index (χ1) is 14.4. The highest BCUT2D eigenvalue weighted by atomic mass is 32.2. The Labute approximate surface area is 188 Å². The number of ether oxygens (including phenoxy) is 1. The van der Waals surface area contributed by atoms with Crippen molar-refractivity contribution in [3.05, 3.63) is 0 Å². The van der Waals surface area contributed by atoms with Crippen LogP contribution in [0, 0.1) is 11.8 Å². The minimum absolute atomic E-state index is 0.198. The van der Waals surface area contributed by atoms with Crippen molar-refractivity contribution in [2.75, 3.05) is 18.6 Å². The molecule has 10 heteroatoms. The summed E-state index contributed by atoms with van der Waals surface area (Å²) in [5.74, 6) is -0.780. The summed E-state index contributed by atoms with van der Waals surface area (Å²) in [5, 5.41) is 17.3. The minimum Gasteiger partial charge on any atom is -0.480 e. The molecule has 0 bridgehead atoms. The van der Waals surface area contributed by atoms with Crippen molar-refractivity contribution in [3.63, 3.8) is 0 Å². The number of carbonyl (C=O) groups excluding carboxylic acids is 3. The first-order valence-electron chi connectivity index (χ1n) is 10.7. The van der Waals surface area contributed by atoms with Gasteiger partial charge in [0.05, 0.1) is 0 Å². The molecule has 0 aromatic heterocycles. The lowest BCUT2D eigenvalue weighted by Gasteiger charge is -2.29. The molecule has 1 fully saturated rings. The van der Waals surface area contributed by atoms with Crippen LogP contribution in [0.2, 0.25) is 0 Å². The Morgan fingerprint density at radius 2 is 1.71 bits per heavy atom. The van der Waals surface area contributed by atoms with Crippen LogP contribution in [0.1, 0.15) is 59.8 Å². The first kappa shape index (κ1) is 27.1. The van der Waals surface area contributed by atoms with Gasteiger partial charge in [-0.1, -0.05) is 0 Å². The topological polar surface area (TPSA) is 134 Å². The second-order valence-corrected chi connectivity index (χ2v) is 10.00. The van der Waals surface area contributed by atoms with E-state index in [2.05, 4.69) is 16.0 Å². The summed E-state index contributed by atoms with van der Waals surface area (Å²) < 4.78 is 5.15. The molecule has 31 heavy (non-hydrogen) atoms. The van der Waals surface area contributed by atoms with Crippen molar-refractivity contribution < 1.29 is 29.0 Å². The van der Waals surface area contributed by atoms with E-state index in [0.717, 1.165) is 12.8 Å². The number of carboxylic acids is 1. The fourth-order valence-corrected chi connectivity index (χ4v) is 3.83. The van der Waals surface area contributed by atoms with E-state index in [1.54, 1.807) is 39.5 Å². The van der Waals surface area contributed by atoms with Crippen molar-refractivity contribution in [1.29, 1.82) is 0 Å². The number of aliphatic carboxylic acids is 1. The van der Waals surface area contributed by atoms with Crippen molar-refractivity contribution in [2.45, 2.75) is 77.5 Å². The molecule has 0 spiro atoms. The lowest BCUT2D eigenvalue weighted by atomic mass is 9.81. The van der Waals surface area contributed by atoms with Crippen LogP contribution in [0.25, 0.3) is 0 Å². The van der Waals surface area contributed by atoms with Crippen molar-refractivity contribution in [1.82, 2.24) is 16.0 Å². The van der Waals surface area contributed by atoms with Gasteiger partial charge in [-0.05, 0) is 77.7 Å². The van der Waals surface area contributed by atoms with Gasteiger partial charge in [-0.2, -0.15) is 11.8 Å². The summed E-state index contributed by atoms with van der Waals surface area (Å²) in [7, 11) is 0. The molecule has 0 aromatic carbocycles. The number of carbonyl (C=O) groups is 4. The Bertz CT molecular complexity index is 629. The van der Waals surface area contributed by atoms with Crippen LogP contribution in [0.15, 0.2) is 0 Å². The van der Waals surface area contributed by atoms with Gasteiger partial charge in [-0.25, -0.2) is 9.59 Å². The van der Waals surface area contributed by atoms with Crippen molar-refractivity contribution >= 4 is 35.6 Å². The van der Waals surface area contributed by atoms with Crippen LogP contribution in [0.5, 0.6) is 0 Å². The highest BCUT2D eigenvalue weighted by Gasteiger charge is 2.30. The molecule has 1 aliphatic rings. The van der Waals surface area contributed by atoms with Crippen molar-refractivity contribution in [3.8, 4) is 0 Å². The van der Waals surface area contributed by atoms with Gasteiger partial charge in [-0.15, -0.1) is 0 Å². The van der Waals surface area contributed by atoms with E-state index in [1.807, 2.05) is 6.26 Å². The van der Waals surface area contributed by atoms with Crippen LogP contribution in [-0.4, -0.2) is 65.2 Å². The molecular weight excluding hydrogens is 422 g/mol. The highest BCUT2D eigenvalue weighted by molar-refractivity contribution is 7.98. The van der Waals surface area contributed by atoms with Gasteiger partial charge in [0.15, 0.2) is 0 Å². The monoisotopic (exact) mass is 459 g/mol. The number of hydrogen-bond acceptors (Lipinski definition) is 6. The number of carboxylic acid groups (broad SMARTS) is 1. The van der Waals surface area contributed by atoms with Crippen LogP contribution >= 0.6 is 11.8 Å². The fourth-order valence-electron chi connectivity index (χ4n) is 3.36. The smallest absolute Gasteiger partial charge is 0.408 e. The van der Waals surface area contributed by atoms with E-state index in [0.29, 0.717) is 31.6 Å². The van der Waals surface area contributed by atoms with E-state index in [4.69, 9.17) is 4.74 Å². The van der Waals surface area contributed by atoms with Gasteiger partial charge < -0.3 is 25.8 Å². The molecule has 0 radical (unpaired) electrons. The van der Waals surface area contributed by atoms with Gasteiger partial charge in [-0.3, -0.25) is 9.59 Å². The molecule has 0 aromatic rings. The number of rotatable bonds is 10. The summed E-state index contributed by atoms with van der Waals surface area (Å²) in [6.07, 6.45) is 4.52. The average Bonchev–Trinajstić information content (AvgIpc) is 2.67. The standard InChI is InChI=1S/C21H37N3O6S/c1-13(23-20(29)30-21(2,3)4)17(25)22-12-14-6-8-15(9-7-14)18(26)24-16(19(27)28)10-11-31-5/h13-16H,6-12H2,1-5H3,(H,22,25)(H,23,29)(H,24,26)(H,27,28)/t13-,14?,15?,16-/m0/s1. The van der Waals surface area contributed by atoms with Gasteiger partial charge in [0.2, 0.25) is 11.8 Å². The van der Waals surface area contributed by atoms with E-state index in [1.165, 1.54) is 0 Å². The average molecular weight is 460 g/mol. The van der Waals surface area contributed by atoms with Gasteiger partial charge in [0, 0.05) is 12.5 Å². The molecule has 0 unspecified atom stereocenters. The summed E-state index contributed by atoms with van der Waals surface area (Å²) in [4.78, 5) is 47.7. The zero-order chi connectivity index (χ0) is 23.6. The highest BCUT2D eigenvalue weighted by Crippen LogP contribution is 2.28. The number of alkyl carbamates (subject to hydrolysis) is 1. The predicted octanol–water partition coefficient (Wildman–Crippen LogP) is 2.14. The van der Waals surface area contributed by atoms with Crippen LogP contribution in [0.4, 0.5) is 4.79 Å². The maximum atomic E-state index is 12.4. The molecule has 1 aliphatic carbocycles. The number of thioether (sulfide) groups is 1. The van der Waals surface area contributed by atoms with Crippen LogP contribution in [0.3, 0.4) is 0 Å². The van der Waals surface area contributed by atoms with Gasteiger partial charge in [0.1, 0.15) is 17.7 Å². The van der Waals surface area contributed by atoms with E-state index in [-0.39, 0.29) is 23.7 Å². The summed E-state index contributed by atoms with van der Waals surface area (Å²) in [5.41, 5.74) is -0.634. The Hall–Kier alpha value is -1.97. The molecule has 1 rings (SSSR count). The maximum absolute atomic E-state index is 12.4. The zero-order valence-corrected chi connectivity index (χ0v) is 20.0. The molecule has 9 nitrogen and oxygen atoms in total. The molecule has 178 valence electrons. The lowest BCUT2D eigenvalue weighted by molar-refractivity contribution is -0.142. The predicted molar refractivity (Wildman–Crippen MR) is 120 cm³/mol.